The third kappa shape index (κ3) is 3.38. The van der Waals surface area contributed by atoms with Gasteiger partial charge in [-0.25, -0.2) is 0 Å². The first kappa shape index (κ1) is 12.2. The van der Waals surface area contributed by atoms with Crippen molar-refractivity contribution in [1.29, 1.82) is 0 Å². The fraction of sp³-hybridized carbons (Fsp3) is 0.333. The van der Waals surface area contributed by atoms with Crippen LogP contribution in [0.25, 0.3) is 0 Å². The summed E-state index contributed by atoms with van der Waals surface area (Å²) in [6.45, 7) is 3.66. The average molecular weight is 220 g/mol. The summed E-state index contributed by atoms with van der Waals surface area (Å²) >= 11 is 0. The standard InChI is InChI=1S/C12H16N2O2/c1-3-5-12(15)13-11-7-4-6-10(8-11)9(2)14-16/h4,6-8,16H,3,5H2,1-2H3,(H,13,15)/b14-9+. The molecule has 2 N–H and O–H groups in total. The van der Waals surface area contributed by atoms with Gasteiger partial charge in [0.2, 0.25) is 5.91 Å². The normalized spacial score (nSPS) is 11.2. The summed E-state index contributed by atoms with van der Waals surface area (Å²) in [6.07, 6.45) is 1.33. The number of oxime groups is 1. The minimum absolute atomic E-state index is 0.00163. The van der Waals surface area contributed by atoms with Crippen molar-refractivity contribution in [3.8, 4) is 0 Å². The molecule has 4 nitrogen and oxygen atoms in total. The summed E-state index contributed by atoms with van der Waals surface area (Å²) in [5.41, 5.74) is 2.03. The first-order chi connectivity index (χ1) is 7.67. The molecular weight excluding hydrogens is 204 g/mol. The van der Waals surface area contributed by atoms with Gasteiger partial charge in [0.1, 0.15) is 0 Å². The molecule has 0 heterocycles. The van der Waals surface area contributed by atoms with E-state index in [0.717, 1.165) is 17.7 Å². The van der Waals surface area contributed by atoms with E-state index in [2.05, 4.69) is 10.5 Å². The van der Waals surface area contributed by atoms with Gasteiger partial charge >= 0.3 is 0 Å². The molecule has 1 rings (SSSR count). The maximum absolute atomic E-state index is 11.4. The summed E-state index contributed by atoms with van der Waals surface area (Å²) in [6, 6.07) is 7.22. The van der Waals surface area contributed by atoms with Gasteiger partial charge in [-0.05, 0) is 25.5 Å². The molecule has 0 atom stereocenters. The monoisotopic (exact) mass is 220 g/mol. The Labute approximate surface area is 95.0 Å². The molecule has 16 heavy (non-hydrogen) atoms. The van der Waals surface area contributed by atoms with Crippen LogP contribution in [0.15, 0.2) is 29.4 Å². The Balaban J connectivity index is 2.79. The van der Waals surface area contributed by atoms with Crippen LogP contribution in [0, 0.1) is 0 Å². The smallest absolute Gasteiger partial charge is 0.224 e. The van der Waals surface area contributed by atoms with E-state index in [0.29, 0.717) is 12.1 Å². The van der Waals surface area contributed by atoms with Crippen LogP contribution < -0.4 is 5.32 Å². The fourth-order valence-corrected chi connectivity index (χ4v) is 1.33. The molecule has 86 valence electrons. The Kier molecular flexibility index (Phi) is 4.51. The number of nitrogens with one attached hydrogen (secondary N) is 1. The van der Waals surface area contributed by atoms with Crippen molar-refractivity contribution in [2.75, 3.05) is 5.32 Å². The van der Waals surface area contributed by atoms with Gasteiger partial charge in [0.05, 0.1) is 5.71 Å². The van der Waals surface area contributed by atoms with Crippen LogP contribution in [0.2, 0.25) is 0 Å². The lowest BCUT2D eigenvalue weighted by Crippen LogP contribution is -2.11. The molecule has 0 bridgehead atoms. The molecule has 0 radical (unpaired) electrons. The molecule has 0 aromatic heterocycles. The van der Waals surface area contributed by atoms with Crippen LogP contribution in [0.3, 0.4) is 0 Å². The van der Waals surface area contributed by atoms with E-state index < -0.39 is 0 Å². The number of hydrogen-bond acceptors (Lipinski definition) is 3. The Bertz CT molecular complexity index is 400. The number of nitrogens with zero attached hydrogens (tertiary/aromatic N) is 1. The van der Waals surface area contributed by atoms with Crippen molar-refractivity contribution in [1.82, 2.24) is 0 Å². The van der Waals surface area contributed by atoms with E-state index in [1.165, 1.54) is 0 Å². The lowest BCUT2D eigenvalue weighted by Gasteiger charge is -2.06. The lowest BCUT2D eigenvalue weighted by molar-refractivity contribution is -0.116. The second-order valence-corrected chi connectivity index (χ2v) is 3.56. The topological polar surface area (TPSA) is 61.7 Å². The summed E-state index contributed by atoms with van der Waals surface area (Å²) < 4.78 is 0. The van der Waals surface area contributed by atoms with Gasteiger partial charge in [0, 0.05) is 17.7 Å². The summed E-state index contributed by atoms with van der Waals surface area (Å²) in [5.74, 6) is -0.00163. The fourth-order valence-electron chi connectivity index (χ4n) is 1.33. The van der Waals surface area contributed by atoms with Gasteiger partial charge in [-0.1, -0.05) is 24.2 Å². The minimum Gasteiger partial charge on any atom is -0.411 e. The zero-order valence-corrected chi connectivity index (χ0v) is 9.53. The molecular formula is C12H16N2O2. The number of carbonyl (C=O) groups is 1. The van der Waals surface area contributed by atoms with Gasteiger partial charge in [-0.2, -0.15) is 0 Å². The second kappa shape index (κ2) is 5.90. The molecule has 0 aliphatic carbocycles. The number of hydrogen-bond donors (Lipinski definition) is 2. The predicted molar refractivity (Wildman–Crippen MR) is 64.0 cm³/mol. The quantitative estimate of drug-likeness (QED) is 0.465. The number of amides is 1. The highest BCUT2D eigenvalue weighted by molar-refractivity contribution is 6.00. The molecule has 1 aromatic carbocycles. The van der Waals surface area contributed by atoms with Crippen molar-refractivity contribution < 1.29 is 10.0 Å². The maximum Gasteiger partial charge on any atom is 0.224 e. The van der Waals surface area contributed by atoms with Gasteiger partial charge < -0.3 is 10.5 Å². The first-order valence-electron chi connectivity index (χ1n) is 5.26. The SMILES string of the molecule is CCCC(=O)Nc1cccc(/C(C)=N/O)c1. The van der Waals surface area contributed by atoms with Gasteiger partial charge in [0.15, 0.2) is 0 Å². The largest absolute Gasteiger partial charge is 0.411 e. The summed E-state index contributed by atoms with van der Waals surface area (Å²) in [5, 5.41) is 14.6. The lowest BCUT2D eigenvalue weighted by atomic mass is 10.1. The average Bonchev–Trinajstić information content (AvgIpc) is 2.28. The van der Waals surface area contributed by atoms with E-state index in [4.69, 9.17) is 5.21 Å². The second-order valence-electron chi connectivity index (χ2n) is 3.56. The molecule has 1 amide bonds. The van der Waals surface area contributed by atoms with Crippen LogP contribution in [-0.4, -0.2) is 16.8 Å². The molecule has 0 aliphatic heterocycles. The van der Waals surface area contributed by atoms with Crippen molar-refractivity contribution >= 4 is 17.3 Å². The van der Waals surface area contributed by atoms with Gasteiger partial charge in [-0.3, -0.25) is 4.79 Å². The van der Waals surface area contributed by atoms with Gasteiger partial charge in [0.25, 0.3) is 0 Å². The zero-order valence-electron chi connectivity index (χ0n) is 9.53. The van der Waals surface area contributed by atoms with Crippen molar-refractivity contribution in [3.63, 3.8) is 0 Å². The zero-order chi connectivity index (χ0) is 12.0. The van der Waals surface area contributed by atoms with Crippen molar-refractivity contribution in [3.05, 3.63) is 29.8 Å². The molecule has 0 unspecified atom stereocenters. The minimum atomic E-state index is -0.00163. The molecule has 0 aliphatic rings. The summed E-state index contributed by atoms with van der Waals surface area (Å²) in [4.78, 5) is 11.4. The highest BCUT2D eigenvalue weighted by atomic mass is 16.4. The molecule has 1 aromatic rings. The van der Waals surface area contributed by atoms with E-state index in [1.807, 2.05) is 25.1 Å². The maximum atomic E-state index is 11.4. The van der Waals surface area contributed by atoms with Crippen LogP contribution in [-0.2, 0) is 4.79 Å². The molecule has 0 spiro atoms. The Morgan fingerprint density at radius 1 is 1.50 bits per heavy atom. The van der Waals surface area contributed by atoms with Crippen LogP contribution in [0.4, 0.5) is 5.69 Å². The van der Waals surface area contributed by atoms with Crippen LogP contribution in [0.1, 0.15) is 32.3 Å². The number of anilines is 1. The molecule has 0 saturated heterocycles. The van der Waals surface area contributed by atoms with E-state index in [1.54, 1.807) is 13.0 Å². The van der Waals surface area contributed by atoms with Crippen LogP contribution >= 0.6 is 0 Å². The molecule has 0 fully saturated rings. The third-order valence-corrected chi connectivity index (χ3v) is 2.19. The molecule has 4 heteroatoms. The summed E-state index contributed by atoms with van der Waals surface area (Å²) in [7, 11) is 0. The van der Waals surface area contributed by atoms with Gasteiger partial charge in [-0.15, -0.1) is 0 Å². The number of rotatable bonds is 4. The van der Waals surface area contributed by atoms with Crippen LogP contribution in [0.5, 0.6) is 0 Å². The van der Waals surface area contributed by atoms with Crippen molar-refractivity contribution in [2.45, 2.75) is 26.7 Å². The Morgan fingerprint density at radius 3 is 2.88 bits per heavy atom. The molecule has 0 saturated carbocycles. The number of carbonyl (C=O) groups excluding carboxylic acids is 1. The van der Waals surface area contributed by atoms with Crippen molar-refractivity contribution in [2.24, 2.45) is 5.16 Å². The third-order valence-electron chi connectivity index (χ3n) is 2.19. The van der Waals surface area contributed by atoms with E-state index in [9.17, 15) is 4.79 Å². The Hall–Kier alpha value is -1.84. The highest BCUT2D eigenvalue weighted by Gasteiger charge is 2.03. The Morgan fingerprint density at radius 2 is 2.25 bits per heavy atom. The van der Waals surface area contributed by atoms with E-state index in [-0.39, 0.29) is 5.91 Å². The first-order valence-corrected chi connectivity index (χ1v) is 5.26. The number of benzene rings is 1. The highest BCUT2D eigenvalue weighted by Crippen LogP contribution is 2.12. The predicted octanol–water partition coefficient (Wildman–Crippen LogP) is 2.62. The van der Waals surface area contributed by atoms with E-state index >= 15 is 0 Å².